The third-order valence-corrected chi connectivity index (χ3v) is 3.50. The van der Waals surface area contributed by atoms with Crippen LogP contribution in [0.4, 0.5) is 0 Å². The molecule has 0 fully saturated rings. The van der Waals surface area contributed by atoms with Gasteiger partial charge in [-0.2, -0.15) is 0 Å². The maximum Gasteiger partial charge on any atom is 0.254 e. The Kier molecular flexibility index (Phi) is 5.12. The number of rotatable bonds is 5. The number of benzene rings is 2. The fraction of sp³-hybridized carbons (Fsp3) is 0.278. The predicted octanol–water partition coefficient (Wildman–Crippen LogP) is 2.94. The maximum atomic E-state index is 12.7. The lowest BCUT2D eigenvalue weighted by Crippen LogP contribution is -2.33. The van der Waals surface area contributed by atoms with E-state index in [0.29, 0.717) is 18.7 Å². The third-order valence-electron chi connectivity index (χ3n) is 3.50. The van der Waals surface area contributed by atoms with E-state index < -0.39 is 0 Å². The van der Waals surface area contributed by atoms with Crippen LogP contribution in [0.2, 0.25) is 0 Å². The largest absolute Gasteiger partial charge is 0.395 e. The van der Waals surface area contributed by atoms with Gasteiger partial charge in [-0.25, -0.2) is 0 Å². The van der Waals surface area contributed by atoms with Gasteiger partial charge in [0.1, 0.15) is 0 Å². The Morgan fingerprint density at radius 1 is 1.10 bits per heavy atom. The van der Waals surface area contributed by atoms with Gasteiger partial charge in [0.15, 0.2) is 0 Å². The molecule has 0 saturated heterocycles. The number of aliphatic hydroxyl groups excluding tert-OH is 1. The van der Waals surface area contributed by atoms with E-state index in [9.17, 15) is 9.90 Å². The van der Waals surface area contributed by atoms with E-state index >= 15 is 0 Å². The van der Waals surface area contributed by atoms with E-state index in [1.54, 1.807) is 4.90 Å². The summed E-state index contributed by atoms with van der Waals surface area (Å²) < 4.78 is 0. The quantitative estimate of drug-likeness (QED) is 0.916. The number of aliphatic hydroxyl groups is 1. The second-order valence-corrected chi connectivity index (χ2v) is 5.25. The Balaban J connectivity index is 2.25. The Hall–Kier alpha value is -2.13. The first-order chi connectivity index (χ1) is 10.1. The van der Waals surface area contributed by atoms with Crippen molar-refractivity contribution in [2.24, 2.45) is 0 Å². The molecule has 0 spiro atoms. The minimum Gasteiger partial charge on any atom is -0.395 e. The molecule has 0 aliphatic heterocycles. The lowest BCUT2D eigenvalue weighted by atomic mass is 10.0. The number of carbonyl (C=O) groups excluding carboxylic acids is 1. The van der Waals surface area contributed by atoms with Crippen LogP contribution < -0.4 is 0 Å². The van der Waals surface area contributed by atoms with Gasteiger partial charge in [-0.15, -0.1) is 0 Å². The van der Waals surface area contributed by atoms with Gasteiger partial charge in [0, 0.05) is 18.7 Å². The van der Waals surface area contributed by atoms with E-state index in [1.807, 2.05) is 62.4 Å². The third kappa shape index (κ3) is 3.92. The van der Waals surface area contributed by atoms with Crippen LogP contribution in [0.1, 0.15) is 27.0 Å². The van der Waals surface area contributed by atoms with Crippen molar-refractivity contribution < 1.29 is 9.90 Å². The molecule has 0 aliphatic carbocycles. The van der Waals surface area contributed by atoms with Crippen molar-refractivity contribution in [3.05, 3.63) is 70.8 Å². The second kappa shape index (κ2) is 7.04. The minimum absolute atomic E-state index is 0.0332. The highest BCUT2D eigenvalue weighted by Gasteiger charge is 2.17. The Morgan fingerprint density at radius 3 is 2.48 bits per heavy atom. The van der Waals surface area contributed by atoms with Crippen LogP contribution in [-0.4, -0.2) is 29.1 Å². The van der Waals surface area contributed by atoms with Crippen LogP contribution in [0.25, 0.3) is 0 Å². The molecule has 2 rings (SSSR count). The summed E-state index contributed by atoms with van der Waals surface area (Å²) in [6, 6.07) is 15.7. The molecule has 110 valence electrons. The van der Waals surface area contributed by atoms with Gasteiger partial charge in [-0.3, -0.25) is 4.79 Å². The number of hydrogen-bond donors (Lipinski definition) is 1. The molecular formula is C18H21NO2. The molecule has 0 aromatic heterocycles. The molecule has 0 radical (unpaired) electrons. The molecule has 2 aromatic rings. The summed E-state index contributed by atoms with van der Waals surface area (Å²) in [6.07, 6.45) is 0. The highest BCUT2D eigenvalue weighted by atomic mass is 16.3. The van der Waals surface area contributed by atoms with Gasteiger partial charge in [-0.05, 0) is 31.0 Å². The van der Waals surface area contributed by atoms with E-state index in [4.69, 9.17) is 0 Å². The molecule has 0 bridgehead atoms. The summed E-state index contributed by atoms with van der Waals surface area (Å²) in [6.45, 7) is 4.72. The smallest absolute Gasteiger partial charge is 0.254 e. The summed E-state index contributed by atoms with van der Waals surface area (Å²) in [5.74, 6) is -0.0332. The molecule has 0 unspecified atom stereocenters. The monoisotopic (exact) mass is 283 g/mol. The van der Waals surface area contributed by atoms with Crippen molar-refractivity contribution in [2.45, 2.75) is 20.4 Å². The number of carbonyl (C=O) groups is 1. The lowest BCUT2D eigenvalue weighted by Gasteiger charge is -2.23. The Morgan fingerprint density at radius 2 is 1.81 bits per heavy atom. The average Bonchev–Trinajstić information content (AvgIpc) is 2.49. The van der Waals surface area contributed by atoms with Gasteiger partial charge >= 0.3 is 0 Å². The highest BCUT2D eigenvalue weighted by molar-refractivity contribution is 5.95. The van der Waals surface area contributed by atoms with Gasteiger partial charge in [0.05, 0.1) is 6.61 Å². The average molecular weight is 283 g/mol. The van der Waals surface area contributed by atoms with Crippen molar-refractivity contribution in [1.29, 1.82) is 0 Å². The summed E-state index contributed by atoms with van der Waals surface area (Å²) in [5.41, 5.74) is 3.79. The van der Waals surface area contributed by atoms with Crippen molar-refractivity contribution in [3.8, 4) is 0 Å². The van der Waals surface area contributed by atoms with Crippen molar-refractivity contribution >= 4 is 5.91 Å². The van der Waals surface area contributed by atoms with Crippen molar-refractivity contribution in [2.75, 3.05) is 13.2 Å². The van der Waals surface area contributed by atoms with Crippen molar-refractivity contribution in [1.82, 2.24) is 4.90 Å². The van der Waals surface area contributed by atoms with Crippen molar-refractivity contribution in [3.63, 3.8) is 0 Å². The number of amides is 1. The normalized spacial score (nSPS) is 10.4. The second-order valence-electron chi connectivity index (χ2n) is 5.25. The zero-order chi connectivity index (χ0) is 15.2. The van der Waals surface area contributed by atoms with E-state index in [0.717, 1.165) is 16.7 Å². The topological polar surface area (TPSA) is 40.5 Å². The Bertz CT molecular complexity index is 608. The Labute approximate surface area is 125 Å². The summed E-state index contributed by atoms with van der Waals surface area (Å²) in [4.78, 5) is 14.4. The molecule has 0 saturated carbocycles. The first-order valence-corrected chi connectivity index (χ1v) is 7.13. The minimum atomic E-state index is -0.0383. The molecule has 2 aromatic carbocycles. The molecule has 3 heteroatoms. The summed E-state index contributed by atoms with van der Waals surface area (Å²) in [5, 5.41) is 9.24. The van der Waals surface area contributed by atoms with Crippen LogP contribution in [0.5, 0.6) is 0 Å². The molecule has 0 atom stereocenters. The fourth-order valence-corrected chi connectivity index (χ4v) is 2.31. The number of nitrogens with zero attached hydrogens (tertiary/aromatic N) is 1. The molecule has 0 heterocycles. The van der Waals surface area contributed by atoms with Gasteiger partial charge < -0.3 is 10.0 Å². The van der Waals surface area contributed by atoms with Gasteiger partial charge in [-0.1, -0.05) is 48.0 Å². The first-order valence-electron chi connectivity index (χ1n) is 7.13. The van der Waals surface area contributed by atoms with E-state index in [1.165, 1.54) is 0 Å². The molecule has 3 nitrogen and oxygen atoms in total. The van der Waals surface area contributed by atoms with E-state index in [2.05, 4.69) is 0 Å². The van der Waals surface area contributed by atoms with Crippen LogP contribution >= 0.6 is 0 Å². The SMILES string of the molecule is Cc1ccc(C)c(C(=O)N(CCO)Cc2ccccc2)c1. The summed E-state index contributed by atoms with van der Waals surface area (Å²) >= 11 is 0. The van der Waals surface area contributed by atoms with Crippen LogP contribution in [0.15, 0.2) is 48.5 Å². The maximum absolute atomic E-state index is 12.7. The molecule has 1 amide bonds. The number of hydrogen-bond acceptors (Lipinski definition) is 2. The van der Waals surface area contributed by atoms with E-state index in [-0.39, 0.29) is 12.5 Å². The fourth-order valence-electron chi connectivity index (χ4n) is 2.31. The zero-order valence-corrected chi connectivity index (χ0v) is 12.5. The van der Waals surface area contributed by atoms with Crippen LogP contribution in [0.3, 0.4) is 0 Å². The standard InChI is InChI=1S/C18H21NO2/c1-14-8-9-15(2)17(12-14)18(21)19(10-11-20)13-16-6-4-3-5-7-16/h3-9,12,20H,10-11,13H2,1-2H3. The van der Waals surface area contributed by atoms with Crippen LogP contribution in [-0.2, 0) is 6.54 Å². The number of aryl methyl sites for hydroxylation is 2. The van der Waals surface area contributed by atoms with Crippen LogP contribution in [0, 0.1) is 13.8 Å². The summed E-state index contributed by atoms with van der Waals surface area (Å²) in [7, 11) is 0. The molecular weight excluding hydrogens is 262 g/mol. The zero-order valence-electron chi connectivity index (χ0n) is 12.5. The first kappa shape index (κ1) is 15.3. The molecule has 1 N–H and O–H groups in total. The highest BCUT2D eigenvalue weighted by Crippen LogP contribution is 2.15. The molecule has 21 heavy (non-hydrogen) atoms. The lowest BCUT2D eigenvalue weighted by molar-refractivity contribution is 0.0707. The predicted molar refractivity (Wildman–Crippen MR) is 84.2 cm³/mol. The van der Waals surface area contributed by atoms with Gasteiger partial charge in [0.25, 0.3) is 5.91 Å². The van der Waals surface area contributed by atoms with Gasteiger partial charge in [0.2, 0.25) is 0 Å². The molecule has 0 aliphatic rings.